The quantitative estimate of drug-likeness (QED) is 0.847. The summed E-state index contributed by atoms with van der Waals surface area (Å²) in [7, 11) is 1.69. The first kappa shape index (κ1) is 10.9. The number of hydrogen-bond donors (Lipinski definition) is 1. The van der Waals surface area contributed by atoms with Crippen LogP contribution in [0.1, 0.15) is 24.8 Å². The van der Waals surface area contributed by atoms with Crippen LogP contribution < -0.4 is 15.2 Å². The molecule has 0 heterocycles. The number of hydrogen-bond acceptors (Lipinski definition) is 3. The lowest BCUT2D eigenvalue weighted by Gasteiger charge is -2.10. The topological polar surface area (TPSA) is 44.5 Å². The smallest absolute Gasteiger partial charge is 0.123 e. The van der Waals surface area contributed by atoms with Crippen molar-refractivity contribution in [1.29, 1.82) is 0 Å². The van der Waals surface area contributed by atoms with Crippen LogP contribution in [0.5, 0.6) is 11.5 Å². The zero-order chi connectivity index (χ0) is 11.9. The van der Waals surface area contributed by atoms with Gasteiger partial charge in [0, 0.05) is 11.5 Å². The zero-order valence-corrected chi connectivity index (χ0v) is 10.2. The molecule has 0 amide bonds. The summed E-state index contributed by atoms with van der Waals surface area (Å²) in [5.74, 6) is 1.79. The van der Waals surface area contributed by atoms with Crippen LogP contribution in [0.4, 0.5) is 0 Å². The minimum absolute atomic E-state index is 0.445. The van der Waals surface area contributed by atoms with Crippen molar-refractivity contribution in [2.24, 2.45) is 11.1 Å². The van der Waals surface area contributed by atoms with Gasteiger partial charge in [0.05, 0.1) is 7.11 Å². The number of ether oxygens (including phenoxy) is 2. The van der Waals surface area contributed by atoms with Gasteiger partial charge in [0.1, 0.15) is 17.6 Å². The molecule has 0 saturated heterocycles. The summed E-state index contributed by atoms with van der Waals surface area (Å²) >= 11 is 0. The Morgan fingerprint density at radius 3 is 2.65 bits per heavy atom. The van der Waals surface area contributed by atoms with Crippen molar-refractivity contribution < 1.29 is 9.47 Å². The minimum atomic E-state index is 0.445. The molecule has 0 radical (unpaired) electrons. The Morgan fingerprint density at radius 1 is 1.29 bits per heavy atom. The van der Waals surface area contributed by atoms with Gasteiger partial charge in [-0.05, 0) is 49.9 Å². The summed E-state index contributed by atoms with van der Waals surface area (Å²) in [6, 6.07) is 6.08. The number of methoxy groups -OCH3 is 1. The van der Waals surface area contributed by atoms with Crippen molar-refractivity contribution in [3.05, 3.63) is 23.8 Å². The van der Waals surface area contributed by atoms with Crippen LogP contribution >= 0.6 is 0 Å². The predicted octanol–water partition coefficient (Wildman–Crippen LogP) is 2.13. The Morgan fingerprint density at radius 2 is 2.06 bits per heavy atom. The maximum atomic E-state index is 6.01. The van der Waals surface area contributed by atoms with Gasteiger partial charge in [-0.25, -0.2) is 0 Å². The molecule has 3 rings (SSSR count). The molecule has 3 nitrogen and oxygen atoms in total. The van der Waals surface area contributed by atoms with Gasteiger partial charge in [-0.15, -0.1) is 0 Å². The molecule has 2 fully saturated rings. The summed E-state index contributed by atoms with van der Waals surface area (Å²) in [4.78, 5) is 0. The van der Waals surface area contributed by atoms with Crippen LogP contribution in [0.25, 0.3) is 0 Å². The van der Waals surface area contributed by atoms with Crippen LogP contribution in [-0.4, -0.2) is 19.8 Å². The van der Waals surface area contributed by atoms with Crippen LogP contribution in [0, 0.1) is 5.41 Å². The monoisotopic (exact) mass is 233 g/mol. The van der Waals surface area contributed by atoms with Crippen molar-refractivity contribution in [1.82, 2.24) is 0 Å². The lowest BCUT2D eigenvalue weighted by atomic mass is 10.1. The second-order valence-corrected chi connectivity index (χ2v) is 5.23. The van der Waals surface area contributed by atoms with Crippen molar-refractivity contribution in [2.45, 2.75) is 31.8 Å². The van der Waals surface area contributed by atoms with Gasteiger partial charge in [0.2, 0.25) is 0 Å². The molecule has 1 atom stereocenters. The summed E-state index contributed by atoms with van der Waals surface area (Å²) in [5, 5.41) is 0. The van der Waals surface area contributed by atoms with E-state index in [0.717, 1.165) is 17.9 Å². The van der Waals surface area contributed by atoms with Gasteiger partial charge in [0.15, 0.2) is 0 Å². The Kier molecular flexibility index (Phi) is 2.51. The number of benzene rings is 1. The van der Waals surface area contributed by atoms with Crippen LogP contribution in [0.2, 0.25) is 0 Å². The molecule has 0 aromatic heterocycles. The molecule has 1 aromatic carbocycles. The highest BCUT2D eigenvalue weighted by atomic mass is 16.5. The van der Waals surface area contributed by atoms with Gasteiger partial charge >= 0.3 is 0 Å². The molecule has 1 aromatic rings. The number of rotatable bonds is 5. The SMILES string of the molecule is COc1cc(CCN)cc(OC2CC23CC3)c1. The molecule has 2 aliphatic carbocycles. The van der Waals surface area contributed by atoms with E-state index in [4.69, 9.17) is 15.2 Å². The van der Waals surface area contributed by atoms with E-state index >= 15 is 0 Å². The normalized spacial score (nSPS) is 23.5. The van der Waals surface area contributed by atoms with E-state index in [9.17, 15) is 0 Å². The van der Waals surface area contributed by atoms with Gasteiger partial charge in [-0.1, -0.05) is 0 Å². The summed E-state index contributed by atoms with van der Waals surface area (Å²) < 4.78 is 11.3. The molecule has 2 aliphatic rings. The molecule has 92 valence electrons. The first-order valence-corrected chi connectivity index (χ1v) is 6.30. The van der Waals surface area contributed by atoms with E-state index in [2.05, 4.69) is 6.07 Å². The van der Waals surface area contributed by atoms with Crippen molar-refractivity contribution in [3.8, 4) is 11.5 Å². The fraction of sp³-hybridized carbons (Fsp3) is 0.571. The standard InChI is InChI=1S/C14H19NO2/c1-16-11-6-10(2-5-15)7-12(8-11)17-13-9-14(13)3-4-14/h6-8,13H,2-5,9,15H2,1H3. The van der Waals surface area contributed by atoms with E-state index in [1.165, 1.54) is 24.8 Å². The third kappa shape index (κ3) is 2.12. The largest absolute Gasteiger partial charge is 0.497 e. The fourth-order valence-corrected chi connectivity index (χ4v) is 2.46. The fourth-order valence-electron chi connectivity index (χ4n) is 2.46. The first-order chi connectivity index (χ1) is 8.25. The van der Waals surface area contributed by atoms with Crippen molar-refractivity contribution in [3.63, 3.8) is 0 Å². The van der Waals surface area contributed by atoms with Gasteiger partial charge < -0.3 is 15.2 Å². The lowest BCUT2D eigenvalue weighted by molar-refractivity contribution is 0.278. The molecule has 3 heteroatoms. The maximum absolute atomic E-state index is 6.01. The van der Waals surface area contributed by atoms with Crippen LogP contribution in [0.15, 0.2) is 18.2 Å². The van der Waals surface area contributed by atoms with E-state index in [-0.39, 0.29) is 0 Å². The average molecular weight is 233 g/mol. The number of nitrogens with two attached hydrogens (primary N) is 1. The van der Waals surface area contributed by atoms with Crippen molar-refractivity contribution >= 4 is 0 Å². The maximum Gasteiger partial charge on any atom is 0.123 e. The van der Waals surface area contributed by atoms with Gasteiger partial charge in [0.25, 0.3) is 0 Å². The molecule has 0 bridgehead atoms. The van der Waals surface area contributed by atoms with E-state index in [1.807, 2.05) is 12.1 Å². The molecule has 2 N–H and O–H groups in total. The predicted molar refractivity (Wildman–Crippen MR) is 66.5 cm³/mol. The second kappa shape index (κ2) is 3.91. The summed E-state index contributed by atoms with van der Waals surface area (Å²) in [5.41, 5.74) is 7.34. The first-order valence-electron chi connectivity index (χ1n) is 6.30. The highest BCUT2D eigenvalue weighted by molar-refractivity contribution is 5.39. The van der Waals surface area contributed by atoms with Crippen LogP contribution in [-0.2, 0) is 6.42 Å². The lowest BCUT2D eigenvalue weighted by Crippen LogP contribution is -2.05. The van der Waals surface area contributed by atoms with Gasteiger partial charge in [-0.3, -0.25) is 0 Å². The third-order valence-corrected chi connectivity index (χ3v) is 3.89. The minimum Gasteiger partial charge on any atom is -0.497 e. The average Bonchev–Trinajstić information content (AvgIpc) is 3.21. The molecular weight excluding hydrogens is 214 g/mol. The molecular formula is C14H19NO2. The Hall–Kier alpha value is -1.22. The molecule has 17 heavy (non-hydrogen) atoms. The second-order valence-electron chi connectivity index (χ2n) is 5.23. The zero-order valence-electron chi connectivity index (χ0n) is 10.2. The van der Waals surface area contributed by atoms with Crippen molar-refractivity contribution in [2.75, 3.05) is 13.7 Å². The third-order valence-electron chi connectivity index (χ3n) is 3.89. The Balaban J connectivity index is 1.75. The highest BCUT2D eigenvalue weighted by Gasteiger charge is 2.65. The molecule has 0 aliphatic heterocycles. The van der Waals surface area contributed by atoms with Gasteiger partial charge in [-0.2, -0.15) is 0 Å². The van der Waals surface area contributed by atoms with E-state index in [0.29, 0.717) is 18.1 Å². The Bertz CT molecular complexity index is 426. The highest BCUT2D eigenvalue weighted by Crippen LogP contribution is 2.67. The molecule has 2 saturated carbocycles. The summed E-state index contributed by atoms with van der Waals surface area (Å²) in [6.45, 7) is 0.653. The van der Waals surface area contributed by atoms with E-state index < -0.39 is 0 Å². The molecule has 1 spiro atoms. The molecule has 1 unspecified atom stereocenters. The summed E-state index contributed by atoms with van der Waals surface area (Å²) in [6.07, 6.45) is 5.23. The Labute approximate surface area is 102 Å². The van der Waals surface area contributed by atoms with E-state index in [1.54, 1.807) is 7.11 Å². The van der Waals surface area contributed by atoms with Crippen LogP contribution in [0.3, 0.4) is 0 Å².